The summed E-state index contributed by atoms with van der Waals surface area (Å²) in [6, 6.07) is 10.5. The second-order valence-corrected chi connectivity index (χ2v) is 9.20. The minimum Gasteiger partial charge on any atom is -0.493 e. The number of non-ortho nitro benzene ring substituents is 1. The fourth-order valence-electron chi connectivity index (χ4n) is 3.64. The van der Waals surface area contributed by atoms with Gasteiger partial charge in [0.1, 0.15) is 10.6 Å². The van der Waals surface area contributed by atoms with Crippen molar-refractivity contribution < 1.29 is 18.4 Å². The molecule has 1 saturated heterocycles. The van der Waals surface area contributed by atoms with Crippen LogP contribution < -0.4 is 0 Å². The molecular formula is C20H21N5O5S. The third-order valence-corrected chi connectivity index (χ3v) is 7.18. The Labute approximate surface area is 178 Å². The maximum atomic E-state index is 13.3. The average molecular weight is 443 g/mol. The van der Waals surface area contributed by atoms with Gasteiger partial charge in [-0.1, -0.05) is 31.0 Å². The van der Waals surface area contributed by atoms with Gasteiger partial charge in [-0.25, -0.2) is 8.42 Å². The zero-order valence-corrected chi connectivity index (χ0v) is 17.4. The molecule has 2 aromatic carbocycles. The second kappa shape index (κ2) is 8.44. The largest absolute Gasteiger partial charge is 0.493 e. The molecule has 11 heteroatoms. The molecule has 0 unspecified atom stereocenters. The third kappa shape index (κ3) is 4.14. The molecule has 1 fully saturated rings. The Balaban J connectivity index is 1.80. The number of hydrogen-bond acceptors (Lipinski definition) is 7. The van der Waals surface area contributed by atoms with Gasteiger partial charge in [0.15, 0.2) is 5.69 Å². The molecule has 0 amide bonds. The smallest absolute Gasteiger partial charge is 0.270 e. The monoisotopic (exact) mass is 443 g/mol. The van der Waals surface area contributed by atoms with Crippen molar-refractivity contribution in [2.75, 3.05) is 13.1 Å². The maximum absolute atomic E-state index is 13.3. The molecule has 0 aliphatic carbocycles. The van der Waals surface area contributed by atoms with E-state index in [4.69, 9.17) is 0 Å². The fourth-order valence-corrected chi connectivity index (χ4v) is 5.30. The van der Waals surface area contributed by atoms with Crippen LogP contribution in [0, 0.1) is 10.1 Å². The first kappa shape index (κ1) is 20.9. The third-order valence-electron chi connectivity index (χ3n) is 5.25. The van der Waals surface area contributed by atoms with Crippen molar-refractivity contribution in [3.8, 4) is 5.88 Å². The topological polar surface area (TPSA) is 141 Å². The lowest BCUT2D eigenvalue weighted by molar-refractivity contribution is -0.385. The lowest BCUT2D eigenvalue weighted by Crippen LogP contribution is -2.32. The minimum absolute atomic E-state index is 0.0282. The SMILES string of the molecule is O=[N+]([O-])c1ccc(N=Nc2c(O)[nH]c3ccccc23)c(S(=O)(=O)N2CCCCCC2)c1. The number of rotatable bonds is 5. The van der Waals surface area contributed by atoms with Crippen LogP contribution in [0.3, 0.4) is 0 Å². The summed E-state index contributed by atoms with van der Waals surface area (Å²) in [5.41, 5.74) is 0.434. The number of para-hydroxylation sites is 1. The van der Waals surface area contributed by atoms with E-state index in [1.807, 2.05) is 0 Å². The van der Waals surface area contributed by atoms with Crippen LogP contribution in [0.2, 0.25) is 0 Å². The Hall–Kier alpha value is -3.31. The Morgan fingerprint density at radius 2 is 1.74 bits per heavy atom. The van der Waals surface area contributed by atoms with Crippen LogP contribution in [0.5, 0.6) is 5.88 Å². The van der Waals surface area contributed by atoms with E-state index in [1.165, 1.54) is 16.4 Å². The molecule has 2 heterocycles. The van der Waals surface area contributed by atoms with E-state index in [0.29, 0.717) is 24.0 Å². The first-order valence-corrected chi connectivity index (χ1v) is 11.3. The average Bonchev–Trinajstić information content (AvgIpc) is 2.91. The molecule has 1 aliphatic heterocycles. The molecule has 3 aromatic rings. The number of nitro benzene ring substituents is 1. The number of nitro groups is 1. The quantitative estimate of drug-likeness (QED) is 0.332. The highest BCUT2D eigenvalue weighted by Crippen LogP contribution is 2.38. The molecule has 0 spiro atoms. The summed E-state index contributed by atoms with van der Waals surface area (Å²) < 4.78 is 28.0. The predicted octanol–water partition coefficient (Wildman–Crippen LogP) is 4.76. The summed E-state index contributed by atoms with van der Waals surface area (Å²) in [7, 11) is -4.01. The van der Waals surface area contributed by atoms with Crippen molar-refractivity contribution in [3.05, 3.63) is 52.6 Å². The summed E-state index contributed by atoms with van der Waals surface area (Å²) in [6.07, 6.45) is 3.34. The Morgan fingerprint density at radius 1 is 1.03 bits per heavy atom. The molecule has 0 saturated carbocycles. The van der Waals surface area contributed by atoms with Gasteiger partial charge in [0.25, 0.3) is 5.69 Å². The standard InChI is InChI=1S/C20H21N5O5S/c26-20-19(15-7-3-4-8-16(15)21-20)23-22-17-10-9-14(25(27)28)13-18(17)31(29,30)24-11-5-1-2-6-12-24/h3-4,7-10,13,21,26H,1-2,5-6,11-12H2. The first-order chi connectivity index (χ1) is 14.9. The Kier molecular flexibility index (Phi) is 5.70. The van der Waals surface area contributed by atoms with Gasteiger partial charge >= 0.3 is 0 Å². The van der Waals surface area contributed by atoms with Crippen molar-refractivity contribution in [2.45, 2.75) is 30.6 Å². The molecular weight excluding hydrogens is 422 g/mol. The van der Waals surface area contributed by atoms with Crippen LogP contribution in [0.25, 0.3) is 10.9 Å². The number of sulfonamides is 1. The van der Waals surface area contributed by atoms with E-state index >= 15 is 0 Å². The van der Waals surface area contributed by atoms with Crippen LogP contribution in [0.1, 0.15) is 25.7 Å². The highest BCUT2D eigenvalue weighted by molar-refractivity contribution is 7.89. The highest BCUT2D eigenvalue weighted by atomic mass is 32.2. The van der Waals surface area contributed by atoms with Gasteiger partial charge in [-0.3, -0.25) is 10.1 Å². The van der Waals surface area contributed by atoms with Crippen molar-refractivity contribution >= 4 is 38.0 Å². The lowest BCUT2D eigenvalue weighted by atomic mass is 10.2. The van der Waals surface area contributed by atoms with Gasteiger partial charge in [0, 0.05) is 30.6 Å². The Morgan fingerprint density at radius 3 is 2.45 bits per heavy atom. The van der Waals surface area contributed by atoms with E-state index in [1.54, 1.807) is 24.3 Å². The zero-order valence-electron chi connectivity index (χ0n) is 16.6. The maximum Gasteiger partial charge on any atom is 0.270 e. The minimum atomic E-state index is -4.01. The van der Waals surface area contributed by atoms with Crippen LogP contribution in [-0.2, 0) is 10.0 Å². The molecule has 1 aliphatic rings. The summed E-state index contributed by atoms with van der Waals surface area (Å²) in [4.78, 5) is 13.1. The van der Waals surface area contributed by atoms with Gasteiger partial charge in [0.2, 0.25) is 15.9 Å². The van der Waals surface area contributed by atoms with Gasteiger partial charge < -0.3 is 10.1 Å². The van der Waals surface area contributed by atoms with Crippen molar-refractivity contribution in [1.82, 2.24) is 9.29 Å². The number of hydrogen-bond donors (Lipinski definition) is 2. The molecule has 0 radical (unpaired) electrons. The summed E-state index contributed by atoms with van der Waals surface area (Å²) >= 11 is 0. The van der Waals surface area contributed by atoms with Crippen molar-refractivity contribution in [2.24, 2.45) is 10.2 Å². The van der Waals surface area contributed by atoms with Gasteiger partial charge in [-0.05, 0) is 25.0 Å². The summed E-state index contributed by atoms with van der Waals surface area (Å²) in [5.74, 6) is -0.205. The Bertz CT molecular complexity index is 1260. The summed E-state index contributed by atoms with van der Waals surface area (Å²) in [6.45, 7) is 0.704. The summed E-state index contributed by atoms with van der Waals surface area (Å²) in [5, 5.41) is 30.2. The predicted molar refractivity (Wildman–Crippen MR) is 114 cm³/mol. The number of nitrogens with one attached hydrogen (secondary N) is 1. The number of azo groups is 1. The van der Waals surface area contributed by atoms with Crippen LogP contribution in [0.4, 0.5) is 17.1 Å². The van der Waals surface area contributed by atoms with E-state index in [2.05, 4.69) is 15.2 Å². The molecule has 31 heavy (non-hydrogen) atoms. The molecule has 10 nitrogen and oxygen atoms in total. The van der Waals surface area contributed by atoms with E-state index in [9.17, 15) is 23.6 Å². The number of aromatic amines is 1. The highest BCUT2D eigenvalue weighted by Gasteiger charge is 2.29. The number of benzene rings is 2. The second-order valence-electron chi connectivity index (χ2n) is 7.30. The zero-order chi connectivity index (χ0) is 22.0. The molecule has 162 valence electrons. The van der Waals surface area contributed by atoms with E-state index in [-0.39, 0.29) is 27.8 Å². The van der Waals surface area contributed by atoms with Crippen LogP contribution >= 0.6 is 0 Å². The number of fused-ring (bicyclic) bond motifs is 1. The lowest BCUT2D eigenvalue weighted by Gasteiger charge is -2.20. The molecule has 0 atom stereocenters. The van der Waals surface area contributed by atoms with Gasteiger partial charge in [-0.2, -0.15) is 4.31 Å². The molecule has 2 N–H and O–H groups in total. The molecule has 0 bridgehead atoms. The number of aromatic nitrogens is 1. The van der Waals surface area contributed by atoms with Crippen LogP contribution in [0.15, 0.2) is 57.6 Å². The molecule has 1 aromatic heterocycles. The van der Waals surface area contributed by atoms with Gasteiger partial charge in [-0.15, -0.1) is 10.2 Å². The van der Waals surface area contributed by atoms with E-state index < -0.39 is 14.9 Å². The normalized spacial score (nSPS) is 16.0. The number of aromatic hydroxyl groups is 1. The molecule has 4 rings (SSSR count). The van der Waals surface area contributed by atoms with Crippen molar-refractivity contribution in [3.63, 3.8) is 0 Å². The first-order valence-electron chi connectivity index (χ1n) is 9.88. The van der Waals surface area contributed by atoms with Gasteiger partial charge in [0.05, 0.1) is 10.4 Å². The fraction of sp³-hybridized carbons (Fsp3) is 0.300. The van der Waals surface area contributed by atoms with E-state index in [0.717, 1.165) is 31.7 Å². The van der Waals surface area contributed by atoms with Crippen molar-refractivity contribution in [1.29, 1.82) is 0 Å². The number of nitrogens with zero attached hydrogens (tertiary/aromatic N) is 4. The van der Waals surface area contributed by atoms with Crippen LogP contribution in [-0.4, -0.2) is 40.8 Å². The number of H-pyrrole nitrogens is 1.